The van der Waals surface area contributed by atoms with Crippen LogP contribution in [0.3, 0.4) is 0 Å². The first-order chi connectivity index (χ1) is 9.07. The van der Waals surface area contributed by atoms with Crippen molar-refractivity contribution in [3.8, 4) is 0 Å². The minimum atomic E-state index is -0.163. The van der Waals surface area contributed by atoms with E-state index in [1.165, 1.54) is 0 Å². The van der Waals surface area contributed by atoms with Gasteiger partial charge in [-0.15, -0.1) is 0 Å². The van der Waals surface area contributed by atoms with E-state index in [1.54, 1.807) is 0 Å². The monoisotopic (exact) mass is 496 g/mol. The molecule has 0 radical (unpaired) electrons. The molecule has 0 aliphatic heterocycles. The van der Waals surface area contributed by atoms with Gasteiger partial charge in [0.2, 0.25) is 0 Å². The van der Waals surface area contributed by atoms with Gasteiger partial charge in [0, 0.05) is 0 Å². The molecule has 0 aliphatic carbocycles. The lowest BCUT2D eigenvalue weighted by molar-refractivity contribution is -0.142. The number of carbonyl (C=O) groups is 2. The lowest BCUT2D eigenvalue weighted by Crippen LogP contribution is -2.21. The van der Waals surface area contributed by atoms with Gasteiger partial charge in [-0.2, -0.15) is 0 Å². The van der Waals surface area contributed by atoms with Crippen molar-refractivity contribution in [1.82, 2.24) is 0 Å². The number of rotatable bonds is 10. The van der Waals surface area contributed by atoms with Crippen LogP contribution in [0.1, 0.15) is 33.1 Å². The van der Waals surface area contributed by atoms with Gasteiger partial charge in [-0.1, -0.05) is 71.9 Å². The van der Waals surface area contributed by atoms with Crippen LogP contribution in [0.15, 0.2) is 0 Å². The Bertz CT molecular complexity index is 245. The standard InChI is InChI=1S/C13H22I2O4/c1-3-10(8-18-12(16)6-14)5-11(4-2)9-19-13(17)7-15/h10-11H,3-9H2,1-2H3. The fraction of sp³-hybridized carbons (Fsp3) is 0.846. The molecular weight excluding hydrogens is 474 g/mol. The number of halogens is 2. The van der Waals surface area contributed by atoms with Crippen molar-refractivity contribution in [2.24, 2.45) is 11.8 Å². The van der Waals surface area contributed by atoms with E-state index in [1.807, 2.05) is 45.2 Å². The van der Waals surface area contributed by atoms with E-state index < -0.39 is 0 Å². The SMILES string of the molecule is CCC(COC(=O)CI)CC(CC)COC(=O)CI. The van der Waals surface area contributed by atoms with Crippen molar-refractivity contribution in [2.75, 3.05) is 22.1 Å². The number of hydrogen-bond acceptors (Lipinski definition) is 4. The molecule has 0 rings (SSSR count). The van der Waals surface area contributed by atoms with Crippen LogP contribution in [0.2, 0.25) is 0 Å². The third-order valence-corrected chi connectivity index (χ3v) is 4.25. The number of hydrogen-bond donors (Lipinski definition) is 0. The molecule has 0 amide bonds. The second-order valence-electron chi connectivity index (χ2n) is 4.42. The van der Waals surface area contributed by atoms with Crippen LogP contribution in [0.4, 0.5) is 0 Å². The summed E-state index contributed by atoms with van der Waals surface area (Å²) in [4.78, 5) is 22.3. The van der Waals surface area contributed by atoms with Gasteiger partial charge in [-0.25, -0.2) is 0 Å². The molecule has 0 aliphatic rings. The fourth-order valence-electron chi connectivity index (χ4n) is 1.68. The Kier molecular flexibility index (Phi) is 12.4. The summed E-state index contributed by atoms with van der Waals surface area (Å²) in [6.45, 7) is 5.11. The van der Waals surface area contributed by atoms with Crippen molar-refractivity contribution >= 4 is 57.1 Å². The Balaban J connectivity index is 4.08. The number of ether oxygens (including phenoxy) is 2. The van der Waals surface area contributed by atoms with Crippen molar-refractivity contribution in [3.05, 3.63) is 0 Å². The molecule has 0 N–H and O–H groups in total. The summed E-state index contributed by atoms with van der Waals surface area (Å²) in [7, 11) is 0. The summed E-state index contributed by atoms with van der Waals surface area (Å²) < 4.78 is 11.1. The molecule has 0 aromatic heterocycles. The topological polar surface area (TPSA) is 52.6 Å². The van der Waals surface area contributed by atoms with Crippen LogP contribution in [-0.4, -0.2) is 34.0 Å². The van der Waals surface area contributed by atoms with E-state index in [4.69, 9.17) is 9.47 Å². The van der Waals surface area contributed by atoms with Gasteiger partial charge < -0.3 is 9.47 Å². The molecule has 0 heterocycles. The third-order valence-electron chi connectivity index (χ3n) is 3.00. The zero-order chi connectivity index (χ0) is 14.7. The van der Waals surface area contributed by atoms with E-state index in [0.29, 0.717) is 33.9 Å². The van der Waals surface area contributed by atoms with E-state index in [-0.39, 0.29) is 11.9 Å². The lowest BCUT2D eigenvalue weighted by Gasteiger charge is -2.21. The van der Waals surface area contributed by atoms with E-state index in [9.17, 15) is 9.59 Å². The minimum Gasteiger partial charge on any atom is -0.465 e. The van der Waals surface area contributed by atoms with Gasteiger partial charge in [0.1, 0.15) is 0 Å². The second-order valence-corrected chi connectivity index (χ2v) is 5.94. The summed E-state index contributed by atoms with van der Waals surface area (Å²) in [5, 5.41) is 0. The molecule has 0 fully saturated rings. The molecule has 0 bridgehead atoms. The van der Waals surface area contributed by atoms with Crippen LogP contribution in [0.5, 0.6) is 0 Å². The smallest absolute Gasteiger partial charge is 0.315 e. The molecule has 2 unspecified atom stereocenters. The molecule has 6 heteroatoms. The Morgan fingerprint density at radius 2 is 1.26 bits per heavy atom. The predicted molar refractivity (Wildman–Crippen MR) is 91.9 cm³/mol. The number of esters is 2. The zero-order valence-corrected chi connectivity index (χ0v) is 15.8. The third kappa shape index (κ3) is 9.86. The molecule has 19 heavy (non-hydrogen) atoms. The average molecular weight is 496 g/mol. The highest BCUT2D eigenvalue weighted by Gasteiger charge is 2.17. The highest BCUT2D eigenvalue weighted by molar-refractivity contribution is 14.1. The Hall–Kier alpha value is 0.400. The van der Waals surface area contributed by atoms with E-state index >= 15 is 0 Å². The molecule has 0 aromatic rings. The van der Waals surface area contributed by atoms with Crippen LogP contribution < -0.4 is 0 Å². The van der Waals surface area contributed by atoms with Crippen LogP contribution in [-0.2, 0) is 19.1 Å². The number of alkyl halides is 2. The normalized spacial score (nSPS) is 13.7. The molecule has 0 spiro atoms. The molecule has 4 nitrogen and oxygen atoms in total. The molecule has 0 saturated heterocycles. The van der Waals surface area contributed by atoms with Gasteiger partial charge in [0.25, 0.3) is 0 Å². The quantitative estimate of drug-likeness (QED) is 0.265. The van der Waals surface area contributed by atoms with Crippen LogP contribution >= 0.6 is 45.2 Å². The second kappa shape index (κ2) is 12.2. The maximum Gasteiger partial charge on any atom is 0.315 e. The maximum absolute atomic E-state index is 11.1. The fourth-order valence-corrected chi connectivity index (χ4v) is 2.12. The lowest BCUT2D eigenvalue weighted by atomic mass is 9.92. The first-order valence-corrected chi connectivity index (χ1v) is 9.55. The summed E-state index contributed by atoms with van der Waals surface area (Å²) in [6, 6.07) is 0. The highest BCUT2D eigenvalue weighted by Crippen LogP contribution is 2.19. The molecule has 0 aromatic carbocycles. The van der Waals surface area contributed by atoms with Gasteiger partial charge in [0.05, 0.1) is 22.1 Å². The number of carbonyl (C=O) groups excluding carboxylic acids is 2. The van der Waals surface area contributed by atoms with Gasteiger partial charge in [0.15, 0.2) is 0 Å². The largest absolute Gasteiger partial charge is 0.465 e. The van der Waals surface area contributed by atoms with Crippen molar-refractivity contribution in [3.63, 3.8) is 0 Å². The summed E-state index contributed by atoms with van der Waals surface area (Å²) >= 11 is 3.99. The van der Waals surface area contributed by atoms with Crippen molar-refractivity contribution in [2.45, 2.75) is 33.1 Å². The Labute approximate surface area is 142 Å². The van der Waals surface area contributed by atoms with E-state index in [0.717, 1.165) is 19.3 Å². The van der Waals surface area contributed by atoms with Crippen molar-refractivity contribution < 1.29 is 19.1 Å². The minimum absolute atomic E-state index is 0.163. The van der Waals surface area contributed by atoms with E-state index in [2.05, 4.69) is 13.8 Å². The molecule has 2 atom stereocenters. The van der Waals surface area contributed by atoms with Gasteiger partial charge in [-0.05, 0) is 18.3 Å². The first-order valence-electron chi connectivity index (χ1n) is 6.50. The Morgan fingerprint density at radius 1 is 0.895 bits per heavy atom. The van der Waals surface area contributed by atoms with Crippen LogP contribution in [0, 0.1) is 11.8 Å². The molecule has 0 saturated carbocycles. The Morgan fingerprint density at radius 3 is 1.53 bits per heavy atom. The molecule has 112 valence electrons. The van der Waals surface area contributed by atoms with Crippen molar-refractivity contribution in [1.29, 1.82) is 0 Å². The van der Waals surface area contributed by atoms with Gasteiger partial charge in [-0.3, -0.25) is 9.59 Å². The zero-order valence-electron chi connectivity index (χ0n) is 11.5. The predicted octanol–water partition coefficient (Wildman–Crippen LogP) is 3.39. The summed E-state index contributed by atoms with van der Waals surface area (Å²) in [6.07, 6.45) is 2.85. The maximum atomic E-state index is 11.1. The first kappa shape index (κ1) is 19.4. The average Bonchev–Trinajstić information content (AvgIpc) is 2.45. The highest BCUT2D eigenvalue weighted by atomic mass is 127. The van der Waals surface area contributed by atoms with Crippen LogP contribution in [0.25, 0.3) is 0 Å². The summed E-state index contributed by atoms with van der Waals surface area (Å²) in [5.41, 5.74) is 0. The summed E-state index contributed by atoms with van der Waals surface area (Å²) in [5.74, 6) is 0.359. The van der Waals surface area contributed by atoms with Gasteiger partial charge >= 0.3 is 11.9 Å². The molecular formula is C13H22I2O4.